The molecular weight excluding hydrogens is 178 g/mol. The van der Waals surface area contributed by atoms with Crippen LogP contribution in [0.25, 0.3) is 0 Å². The molecule has 1 aromatic carbocycles. The molecule has 0 saturated heterocycles. The second-order valence-corrected chi connectivity index (χ2v) is 3.15. The van der Waals surface area contributed by atoms with E-state index < -0.39 is 0 Å². The van der Waals surface area contributed by atoms with Gasteiger partial charge < -0.3 is 15.6 Å². The topological polar surface area (TPSA) is 55.5 Å². The molecule has 1 unspecified atom stereocenters. The van der Waals surface area contributed by atoms with Crippen molar-refractivity contribution in [3.63, 3.8) is 0 Å². The molecule has 3 N–H and O–H groups in total. The monoisotopic (exact) mass is 195 g/mol. The van der Waals surface area contributed by atoms with Gasteiger partial charge in [-0.3, -0.25) is 0 Å². The molecule has 3 nitrogen and oxygen atoms in total. The largest absolute Gasteiger partial charge is 0.489 e. The summed E-state index contributed by atoms with van der Waals surface area (Å²) in [6.45, 7) is 2.52. The predicted molar refractivity (Wildman–Crippen MR) is 56.1 cm³/mol. The van der Waals surface area contributed by atoms with Crippen LogP contribution in [-0.4, -0.2) is 17.8 Å². The maximum atomic E-state index is 9.07. The average molecular weight is 195 g/mol. The fraction of sp³-hybridized carbons (Fsp3) is 0.455. The quantitative estimate of drug-likeness (QED) is 0.744. The minimum atomic E-state index is -0.00280. The minimum Gasteiger partial charge on any atom is -0.489 e. The molecule has 0 aromatic heterocycles. The fourth-order valence-corrected chi connectivity index (χ4v) is 1.23. The molecule has 78 valence electrons. The Morgan fingerprint density at radius 2 is 2.14 bits per heavy atom. The number of hydrogen-bond acceptors (Lipinski definition) is 3. The molecule has 0 aliphatic rings. The molecule has 0 fully saturated rings. The first kappa shape index (κ1) is 11.0. The Morgan fingerprint density at radius 3 is 2.71 bits per heavy atom. The van der Waals surface area contributed by atoms with E-state index >= 15 is 0 Å². The number of nitrogens with two attached hydrogens (primary N) is 1. The fourth-order valence-electron chi connectivity index (χ4n) is 1.23. The lowest BCUT2D eigenvalue weighted by Crippen LogP contribution is -2.26. The zero-order chi connectivity index (χ0) is 10.4. The Balaban J connectivity index is 2.74. The summed E-state index contributed by atoms with van der Waals surface area (Å²) in [7, 11) is 0. The van der Waals surface area contributed by atoms with Gasteiger partial charge in [0.1, 0.15) is 11.9 Å². The molecule has 0 aliphatic carbocycles. The SMILES string of the molecule is CCC(CN)Oc1ccccc1CO. The molecule has 0 bridgehead atoms. The molecule has 1 aromatic rings. The summed E-state index contributed by atoms with van der Waals surface area (Å²) in [5.41, 5.74) is 6.34. The van der Waals surface area contributed by atoms with Gasteiger partial charge in [0.05, 0.1) is 6.61 Å². The van der Waals surface area contributed by atoms with Crippen molar-refractivity contribution in [3.05, 3.63) is 29.8 Å². The van der Waals surface area contributed by atoms with Crippen molar-refractivity contribution >= 4 is 0 Å². The van der Waals surface area contributed by atoms with Crippen LogP contribution in [-0.2, 0) is 6.61 Å². The Hall–Kier alpha value is -1.06. The van der Waals surface area contributed by atoms with E-state index in [-0.39, 0.29) is 12.7 Å². The van der Waals surface area contributed by atoms with Crippen molar-refractivity contribution in [2.24, 2.45) is 5.73 Å². The van der Waals surface area contributed by atoms with Gasteiger partial charge in [0.25, 0.3) is 0 Å². The van der Waals surface area contributed by atoms with Crippen LogP contribution in [0, 0.1) is 0 Å². The van der Waals surface area contributed by atoms with Crippen LogP contribution in [0.2, 0.25) is 0 Å². The minimum absolute atomic E-state index is 0.00280. The van der Waals surface area contributed by atoms with Gasteiger partial charge in [-0.2, -0.15) is 0 Å². The van der Waals surface area contributed by atoms with Gasteiger partial charge in [0.15, 0.2) is 0 Å². The number of benzene rings is 1. The summed E-state index contributed by atoms with van der Waals surface area (Å²) in [4.78, 5) is 0. The third kappa shape index (κ3) is 2.72. The highest BCUT2D eigenvalue weighted by Crippen LogP contribution is 2.19. The van der Waals surface area contributed by atoms with Crippen molar-refractivity contribution in [1.82, 2.24) is 0 Å². The van der Waals surface area contributed by atoms with Crippen LogP contribution >= 0.6 is 0 Å². The number of aliphatic hydroxyl groups excluding tert-OH is 1. The number of hydrogen-bond donors (Lipinski definition) is 2. The van der Waals surface area contributed by atoms with Crippen LogP contribution in [0.3, 0.4) is 0 Å². The zero-order valence-electron chi connectivity index (χ0n) is 8.44. The van der Waals surface area contributed by atoms with Gasteiger partial charge >= 0.3 is 0 Å². The van der Waals surface area contributed by atoms with Gasteiger partial charge in [-0.05, 0) is 12.5 Å². The van der Waals surface area contributed by atoms with E-state index in [2.05, 4.69) is 0 Å². The number of ether oxygens (including phenoxy) is 1. The lowest BCUT2D eigenvalue weighted by molar-refractivity contribution is 0.195. The van der Waals surface area contributed by atoms with E-state index in [0.717, 1.165) is 17.7 Å². The lowest BCUT2D eigenvalue weighted by Gasteiger charge is -2.17. The smallest absolute Gasteiger partial charge is 0.125 e. The van der Waals surface area contributed by atoms with Crippen LogP contribution in [0.15, 0.2) is 24.3 Å². The molecular formula is C11H17NO2. The van der Waals surface area contributed by atoms with Crippen LogP contribution < -0.4 is 10.5 Å². The Kier molecular flexibility index (Phi) is 4.43. The summed E-state index contributed by atoms with van der Waals surface area (Å²) >= 11 is 0. The predicted octanol–water partition coefficient (Wildman–Crippen LogP) is 1.29. The van der Waals surface area contributed by atoms with E-state index in [1.165, 1.54) is 0 Å². The summed E-state index contributed by atoms with van der Waals surface area (Å²) in [5, 5.41) is 9.07. The standard InChI is InChI=1S/C11H17NO2/c1-2-10(7-12)14-11-6-4-3-5-9(11)8-13/h3-6,10,13H,2,7-8,12H2,1H3. The van der Waals surface area contributed by atoms with Crippen LogP contribution in [0.1, 0.15) is 18.9 Å². The van der Waals surface area contributed by atoms with E-state index in [4.69, 9.17) is 15.6 Å². The summed E-state index contributed by atoms with van der Waals surface area (Å²) in [5.74, 6) is 0.729. The molecule has 0 amide bonds. The second kappa shape index (κ2) is 5.62. The molecule has 1 rings (SSSR count). The molecule has 0 radical (unpaired) electrons. The first-order valence-corrected chi connectivity index (χ1v) is 4.87. The summed E-state index contributed by atoms with van der Waals surface area (Å²) < 4.78 is 5.65. The highest BCUT2D eigenvalue weighted by atomic mass is 16.5. The molecule has 0 heterocycles. The maximum absolute atomic E-state index is 9.07. The van der Waals surface area contributed by atoms with Crippen molar-refractivity contribution in [2.75, 3.05) is 6.54 Å². The van der Waals surface area contributed by atoms with Gasteiger partial charge in [0.2, 0.25) is 0 Å². The van der Waals surface area contributed by atoms with Gasteiger partial charge in [-0.25, -0.2) is 0 Å². The molecule has 0 saturated carbocycles. The molecule has 0 spiro atoms. The summed E-state index contributed by atoms with van der Waals surface area (Å²) in [6, 6.07) is 7.46. The normalized spacial score (nSPS) is 12.5. The van der Waals surface area contributed by atoms with E-state index in [9.17, 15) is 0 Å². The maximum Gasteiger partial charge on any atom is 0.125 e. The van der Waals surface area contributed by atoms with Crippen LogP contribution in [0.5, 0.6) is 5.75 Å². The number of para-hydroxylation sites is 1. The van der Waals surface area contributed by atoms with Crippen molar-refractivity contribution in [3.8, 4) is 5.75 Å². The Bertz CT molecular complexity index is 272. The molecule has 3 heteroatoms. The van der Waals surface area contributed by atoms with Crippen molar-refractivity contribution in [2.45, 2.75) is 26.1 Å². The average Bonchev–Trinajstić information content (AvgIpc) is 2.26. The molecule has 1 atom stereocenters. The van der Waals surface area contributed by atoms with E-state index in [0.29, 0.717) is 6.54 Å². The first-order chi connectivity index (χ1) is 6.81. The third-order valence-electron chi connectivity index (χ3n) is 2.15. The first-order valence-electron chi connectivity index (χ1n) is 4.87. The highest BCUT2D eigenvalue weighted by Gasteiger charge is 2.08. The zero-order valence-corrected chi connectivity index (χ0v) is 8.44. The summed E-state index contributed by atoms with van der Waals surface area (Å²) in [6.07, 6.45) is 0.902. The highest BCUT2D eigenvalue weighted by molar-refractivity contribution is 5.32. The second-order valence-electron chi connectivity index (χ2n) is 3.15. The van der Waals surface area contributed by atoms with Crippen molar-refractivity contribution < 1.29 is 9.84 Å². The molecule has 14 heavy (non-hydrogen) atoms. The Labute approximate surface area is 84.5 Å². The van der Waals surface area contributed by atoms with Gasteiger partial charge in [0, 0.05) is 12.1 Å². The molecule has 0 aliphatic heterocycles. The van der Waals surface area contributed by atoms with Crippen LogP contribution in [0.4, 0.5) is 0 Å². The number of rotatable bonds is 5. The Morgan fingerprint density at radius 1 is 1.43 bits per heavy atom. The number of aliphatic hydroxyl groups is 1. The van der Waals surface area contributed by atoms with E-state index in [1.54, 1.807) is 0 Å². The van der Waals surface area contributed by atoms with Gasteiger partial charge in [-0.1, -0.05) is 25.1 Å². The van der Waals surface area contributed by atoms with Gasteiger partial charge in [-0.15, -0.1) is 0 Å². The van der Waals surface area contributed by atoms with Crippen molar-refractivity contribution in [1.29, 1.82) is 0 Å². The third-order valence-corrected chi connectivity index (χ3v) is 2.15. The lowest BCUT2D eigenvalue weighted by atomic mass is 10.2. The van der Waals surface area contributed by atoms with E-state index in [1.807, 2.05) is 31.2 Å².